The summed E-state index contributed by atoms with van der Waals surface area (Å²) in [6, 6.07) is 20.4. The molecule has 2 aliphatic rings. The fourth-order valence-corrected chi connectivity index (χ4v) is 4.00. The van der Waals surface area contributed by atoms with Crippen molar-refractivity contribution in [2.75, 3.05) is 5.32 Å². The standard InChI is InChI=1S/C24H23N3O2/c1-15-22(28)26-20-14-19(16-6-3-2-4-7-16)21(27-23(20)29-15)17-8-10-18(11-9-17)24(25)12-5-13-24/h2-4,6-11,14-15H,5,12-13,25H2,1H3,(H,26,28). The third-order valence-corrected chi connectivity index (χ3v) is 5.97. The van der Waals surface area contributed by atoms with Crippen LogP contribution in [0.1, 0.15) is 31.7 Å². The Morgan fingerprint density at radius 1 is 1.07 bits per heavy atom. The Labute approximate surface area is 169 Å². The maximum absolute atomic E-state index is 12.0. The molecule has 0 saturated heterocycles. The molecule has 1 aliphatic carbocycles. The third-order valence-electron chi connectivity index (χ3n) is 5.97. The Hall–Kier alpha value is -3.18. The minimum Gasteiger partial charge on any atom is -0.463 e. The molecule has 1 aliphatic heterocycles. The second kappa shape index (κ2) is 6.71. The molecule has 1 aromatic heterocycles. The number of aromatic nitrogens is 1. The van der Waals surface area contributed by atoms with Crippen LogP contribution in [0.25, 0.3) is 22.4 Å². The first-order valence-corrected chi connectivity index (χ1v) is 10.0. The van der Waals surface area contributed by atoms with Gasteiger partial charge in [0.25, 0.3) is 5.91 Å². The zero-order valence-electron chi connectivity index (χ0n) is 16.3. The Morgan fingerprint density at radius 3 is 2.45 bits per heavy atom. The van der Waals surface area contributed by atoms with Crippen LogP contribution >= 0.6 is 0 Å². The Bertz CT molecular complexity index is 1070. The molecule has 5 heteroatoms. The number of pyridine rings is 1. The fourth-order valence-electron chi connectivity index (χ4n) is 4.00. The van der Waals surface area contributed by atoms with E-state index in [9.17, 15) is 4.79 Å². The summed E-state index contributed by atoms with van der Waals surface area (Å²) in [5.74, 6) is 0.286. The van der Waals surface area contributed by atoms with Gasteiger partial charge in [-0.1, -0.05) is 54.6 Å². The van der Waals surface area contributed by atoms with Crippen molar-refractivity contribution in [3.63, 3.8) is 0 Å². The van der Waals surface area contributed by atoms with Crippen molar-refractivity contribution >= 4 is 11.6 Å². The van der Waals surface area contributed by atoms with Gasteiger partial charge in [0.15, 0.2) is 6.10 Å². The van der Waals surface area contributed by atoms with E-state index in [-0.39, 0.29) is 11.4 Å². The predicted octanol–water partition coefficient (Wildman–Crippen LogP) is 4.47. The summed E-state index contributed by atoms with van der Waals surface area (Å²) in [7, 11) is 0. The largest absolute Gasteiger partial charge is 0.463 e. The van der Waals surface area contributed by atoms with E-state index in [4.69, 9.17) is 15.5 Å². The van der Waals surface area contributed by atoms with Crippen molar-refractivity contribution in [1.82, 2.24) is 4.98 Å². The van der Waals surface area contributed by atoms with E-state index in [1.807, 2.05) is 36.4 Å². The summed E-state index contributed by atoms with van der Waals surface area (Å²) in [6.07, 6.45) is 2.68. The summed E-state index contributed by atoms with van der Waals surface area (Å²) in [5.41, 5.74) is 11.9. The summed E-state index contributed by atoms with van der Waals surface area (Å²) < 4.78 is 5.76. The summed E-state index contributed by atoms with van der Waals surface area (Å²) in [6.45, 7) is 1.72. The minimum atomic E-state index is -0.566. The lowest BCUT2D eigenvalue weighted by molar-refractivity contribution is -0.122. The van der Waals surface area contributed by atoms with Crippen molar-refractivity contribution in [3.8, 4) is 28.3 Å². The average molecular weight is 385 g/mol. The number of hydrogen-bond acceptors (Lipinski definition) is 4. The van der Waals surface area contributed by atoms with Crippen LogP contribution in [-0.4, -0.2) is 17.0 Å². The molecule has 146 valence electrons. The van der Waals surface area contributed by atoms with Crippen LogP contribution in [0.4, 0.5) is 5.69 Å². The number of nitrogens with two attached hydrogens (primary N) is 1. The summed E-state index contributed by atoms with van der Waals surface area (Å²) in [4.78, 5) is 16.9. The van der Waals surface area contributed by atoms with E-state index in [2.05, 4.69) is 29.6 Å². The van der Waals surface area contributed by atoms with Gasteiger partial charge in [-0.3, -0.25) is 4.79 Å². The molecule has 2 heterocycles. The van der Waals surface area contributed by atoms with E-state index < -0.39 is 6.10 Å². The maximum atomic E-state index is 12.0. The zero-order chi connectivity index (χ0) is 20.0. The Kier molecular flexibility index (Phi) is 4.14. The molecule has 0 spiro atoms. The van der Waals surface area contributed by atoms with Crippen LogP contribution in [0.5, 0.6) is 5.88 Å². The van der Waals surface area contributed by atoms with Crippen molar-refractivity contribution in [1.29, 1.82) is 0 Å². The lowest BCUT2D eigenvalue weighted by Gasteiger charge is -2.38. The number of carbonyl (C=O) groups is 1. The van der Waals surface area contributed by atoms with Gasteiger partial charge in [0.1, 0.15) is 5.69 Å². The topological polar surface area (TPSA) is 77.2 Å². The normalized spacial score (nSPS) is 19.5. The van der Waals surface area contributed by atoms with Crippen LogP contribution in [0, 0.1) is 0 Å². The van der Waals surface area contributed by atoms with Gasteiger partial charge < -0.3 is 15.8 Å². The second-order valence-corrected chi connectivity index (χ2v) is 7.94. The van der Waals surface area contributed by atoms with E-state index in [1.165, 1.54) is 12.0 Å². The van der Waals surface area contributed by atoms with Gasteiger partial charge in [-0.25, -0.2) is 4.98 Å². The molecule has 1 unspecified atom stereocenters. The number of hydrogen-bond donors (Lipinski definition) is 2. The van der Waals surface area contributed by atoms with E-state index in [1.54, 1.807) is 6.92 Å². The number of anilines is 1. The maximum Gasteiger partial charge on any atom is 0.265 e. The number of rotatable bonds is 3. The van der Waals surface area contributed by atoms with Crippen LogP contribution < -0.4 is 15.8 Å². The van der Waals surface area contributed by atoms with Crippen molar-refractivity contribution in [3.05, 3.63) is 66.2 Å². The first-order chi connectivity index (χ1) is 14.0. The SMILES string of the molecule is CC1Oc2nc(-c3ccc(C4(N)CCC4)cc3)c(-c3ccccc3)cc2NC1=O. The molecular formula is C24H23N3O2. The molecule has 5 rings (SSSR count). The number of carbonyl (C=O) groups excluding carboxylic acids is 1. The van der Waals surface area contributed by atoms with Gasteiger partial charge in [-0.05, 0) is 43.4 Å². The van der Waals surface area contributed by atoms with Gasteiger partial charge in [0.05, 0.1) is 5.69 Å². The van der Waals surface area contributed by atoms with Gasteiger partial charge in [-0.15, -0.1) is 0 Å². The molecule has 1 atom stereocenters. The van der Waals surface area contributed by atoms with E-state index in [0.717, 1.165) is 35.2 Å². The molecule has 3 N–H and O–H groups in total. The summed E-state index contributed by atoms with van der Waals surface area (Å²) >= 11 is 0. The number of benzene rings is 2. The lowest BCUT2D eigenvalue weighted by atomic mass is 9.72. The van der Waals surface area contributed by atoms with Crippen LogP contribution in [0.2, 0.25) is 0 Å². The van der Waals surface area contributed by atoms with E-state index in [0.29, 0.717) is 11.6 Å². The number of nitrogens with zero attached hydrogens (tertiary/aromatic N) is 1. The zero-order valence-corrected chi connectivity index (χ0v) is 16.3. The van der Waals surface area contributed by atoms with Crippen LogP contribution in [0.15, 0.2) is 60.7 Å². The van der Waals surface area contributed by atoms with Gasteiger partial charge in [0.2, 0.25) is 5.88 Å². The number of amides is 1. The highest BCUT2D eigenvalue weighted by Gasteiger charge is 2.34. The van der Waals surface area contributed by atoms with Crippen molar-refractivity contribution < 1.29 is 9.53 Å². The third kappa shape index (κ3) is 3.08. The second-order valence-electron chi connectivity index (χ2n) is 7.94. The molecule has 3 aromatic rings. The van der Waals surface area contributed by atoms with Crippen LogP contribution in [-0.2, 0) is 10.3 Å². The number of nitrogens with one attached hydrogen (secondary N) is 1. The molecule has 1 amide bonds. The molecular weight excluding hydrogens is 362 g/mol. The van der Waals surface area contributed by atoms with Gasteiger partial charge in [0, 0.05) is 16.7 Å². The fraction of sp³-hybridized carbons (Fsp3) is 0.250. The molecule has 1 saturated carbocycles. The highest BCUT2D eigenvalue weighted by atomic mass is 16.5. The molecule has 2 aromatic carbocycles. The minimum absolute atomic E-state index is 0.163. The van der Waals surface area contributed by atoms with Crippen molar-refractivity contribution in [2.45, 2.75) is 37.8 Å². The predicted molar refractivity (Wildman–Crippen MR) is 114 cm³/mol. The smallest absolute Gasteiger partial charge is 0.265 e. The Balaban J connectivity index is 1.63. The quantitative estimate of drug-likeness (QED) is 0.697. The van der Waals surface area contributed by atoms with Gasteiger partial charge in [-0.2, -0.15) is 0 Å². The number of ether oxygens (including phenoxy) is 1. The first-order valence-electron chi connectivity index (χ1n) is 10.0. The molecule has 1 fully saturated rings. The highest BCUT2D eigenvalue weighted by Crippen LogP contribution is 2.41. The lowest BCUT2D eigenvalue weighted by Crippen LogP contribution is -2.43. The summed E-state index contributed by atoms with van der Waals surface area (Å²) in [5, 5.41) is 2.90. The Morgan fingerprint density at radius 2 is 1.79 bits per heavy atom. The molecule has 0 bridgehead atoms. The monoisotopic (exact) mass is 385 g/mol. The number of fused-ring (bicyclic) bond motifs is 1. The molecule has 5 nitrogen and oxygen atoms in total. The molecule has 0 radical (unpaired) electrons. The highest BCUT2D eigenvalue weighted by molar-refractivity contribution is 5.98. The average Bonchev–Trinajstić information content (AvgIpc) is 2.73. The van der Waals surface area contributed by atoms with Crippen LogP contribution in [0.3, 0.4) is 0 Å². The first kappa shape index (κ1) is 17.9. The van der Waals surface area contributed by atoms with Crippen molar-refractivity contribution in [2.24, 2.45) is 5.73 Å². The molecule has 29 heavy (non-hydrogen) atoms. The van der Waals surface area contributed by atoms with E-state index >= 15 is 0 Å². The van der Waals surface area contributed by atoms with Gasteiger partial charge >= 0.3 is 0 Å².